The third-order valence-corrected chi connectivity index (χ3v) is 22.0. The number of hydrogen-bond donors (Lipinski definition) is 2. The van der Waals surface area contributed by atoms with Crippen LogP contribution in [0.1, 0.15) is 61.4 Å². The molecule has 12 rings (SSSR count). The molecule has 0 saturated carbocycles. The number of hydrogen-bond acceptors (Lipinski definition) is 15. The first-order valence-corrected chi connectivity index (χ1v) is 37.3. The van der Waals surface area contributed by atoms with Crippen molar-refractivity contribution in [3.8, 4) is 23.6 Å². The molecule has 0 aliphatic heterocycles. The van der Waals surface area contributed by atoms with Crippen LogP contribution in [0.3, 0.4) is 0 Å². The van der Waals surface area contributed by atoms with Crippen molar-refractivity contribution in [2.45, 2.75) is 74.2 Å². The average molecular weight is 1550 g/mol. The number of methoxy groups -OCH3 is 2. The summed E-state index contributed by atoms with van der Waals surface area (Å²) in [4.78, 5) is 35.5. The van der Waals surface area contributed by atoms with Crippen molar-refractivity contribution in [2.24, 2.45) is 0 Å². The summed E-state index contributed by atoms with van der Waals surface area (Å²) < 4.78 is 189. The standard InChI is InChI=1S/C76H60B2F10N8O8S4/c1-101-55-37-39-61-59(43-55)91-71(105-61)57(45-89)69-65-66(68(96(69)78(51-23-11-5-12-24-51)52-25-13-6-14-26-52)48-31-35-54(36-32-48)104-42-18-16-28-64(98)94-108(99,100)76(87,88)74(82,83)84)70(58(46-90)72-92-60-44-56(102-2)38-40-62(60)106-72)95(77(49-19-7-3-8-20-49)50-21-9-4-10-22-50)67(65)47-29-33-53(34-30-47)103-41-17-15-27-63(97)93-107-75(85,86)73(79,80)81/h3-14,19-26,29,31,33-40,43-44H,15-18,27-28,30,32,41-42H2,1-2H3,(H,93,97)(H,94,98)/b67-47?,68-48?,69-57-,70-58-. The Morgan fingerprint density at radius 1 is 0.546 bits per heavy atom. The van der Waals surface area contributed by atoms with E-state index in [9.17, 15) is 72.4 Å². The summed E-state index contributed by atoms with van der Waals surface area (Å²) >= 11 is 1.53. The van der Waals surface area contributed by atoms with Crippen LogP contribution in [0.4, 0.5) is 43.9 Å². The van der Waals surface area contributed by atoms with Crippen molar-refractivity contribution < 1.29 is 80.9 Å². The maximum Gasteiger partial charge on any atom is 0.471 e. The van der Waals surface area contributed by atoms with E-state index in [2.05, 4.69) is 21.1 Å². The summed E-state index contributed by atoms with van der Waals surface area (Å²) in [6.45, 7) is -1.75. The summed E-state index contributed by atoms with van der Waals surface area (Å²) in [5, 5.41) is 17.0. The number of allylic oxidation sites excluding steroid dienone is 6. The van der Waals surface area contributed by atoms with Crippen LogP contribution < -0.4 is 62.2 Å². The van der Waals surface area contributed by atoms with Crippen LogP contribution in [0, 0.1) is 22.7 Å². The van der Waals surface area contributed by atoms with Crippen LogP contribution in [0.15, 0.2) is 206 Å². The fraction of sp³-hybridized carbons (Fsp3) is 0.211. The van der Waals surface area contributed by atoms with E-state index < -0.39 is 76.8 Å². The molecule has 0 bridgehead atoms. The minimum atomic E-state index is -6.49. The number of nitrogens with one attached hydrogen (secondary N) is 2. The minimum absolute atomic E-state index is 0.00228. The zero-order chi connectivity index (χ0) is 76.7. The zero-order valence-corrected chi connectivity index (χ0v) is 60.3. The molecule has 0 radical (unpaired) electrons. The Kier molecular flexibility index (Phi) is 23.0. The lowest BCUT2D eigenvalue weighted by Gasteiger charge is -2.22. The lowest BCUT2D eigenvalue weighted by molar-refractivity contribution is -0.241. The highest BCUT2D eigenvalue weighted by atomic mass is 32.2. The number of aromatic nitrogens is 4. The van der Waals surface area contributed by atoms with Crippen LogP contribution in [-0.4, -0.2) is 103 Å². The SMILES string of the molecule is COc1ccc2sc(/C(C#N)=c3/c4c(=C5C=CC(OCCCCC(=O)NS(=O)(=O)C(F)(F)C(F)(F)F)=CC5)n(B(c5ccccc5)c5ccccc5)/c(=C(/C#N)c5nc6cc(OC)ccc6s5)c4c(=C4C=CC(OCCCCC(=O)NSC(F)(F)C(F)(F)F)=CC4)n3B(c3ccccc3)c3ccccc3)nc2c1. The summed E-state index contributed by atoms with van der Waals surface area (Å²) in [5.41, 5.74) is 5.64. The molecule has 4 aromatic heterocycles. The van der Waals surface area contributed by atoms with Crippen LogP contribution >= 0.6 is 34.6 Å². The van der Waals surface area contributed by atoms with Gasteiger partial charge in [-0.25, -0.2) is 14.7 Å². The number of alkyl halides is 10. The quantitative estimate of drug-likeness (QED) is 0.0224. The Labute approximate surface area is 624 Å². The zero-order valence-electron chi connectivity index (χ0n) is 57.1. The van der Waals surface area contributed by atoms with Crippen molar-refractivity contribution >= 4 is 146 Å². The topological polar surface area (TPSA) is 212 Å². The predicted octanol–water partition coefficient (Wildman–Crippen LogP) is 11.3. The molecule has 2 aliphatic carbocycles. The van der Waals surface area contributed by atoms with Gasteiger partial charge in [-0.05, 0) is 98.2 Å². The van der Waals surface area contributed by atoms with E-state index in [4.69, 9.17) is 28.9 Å². The predicted molar refractivity (Wildman–Crippen MR) is 399 cm³/mol. The Morgan fingerprint density at radius 2 is 0.935 bits per heavy atom. The third-order valence-electron chi connectivity index (χ3n) is 17.7. The van der Waals surface area contributed by atoms with Gasteiger partial charge in [0.25, 0.3) is 0 Å². The first-order chi connectivity index (χ1) is 51.8. The number of benzene rings is 6. The van der Waals surface area contributed by atoms with E-state index in [1.807, 2.05) is 152 Å². The molecule has 0 fully saturated rings. The first-order valence-electron chi connectivity index (χ1n) is 33.4. The Morgan fingerprint density at radius 3 is 1.28 bits per heavy atom. The van der Waals surface area contributed by atoms with Crippen molar-refractivity contribution in [2.75, 3.05) is 27.4 Å². The molecule has 552 valence electrons. The van der Waals surface area contributed by atoms with E-state index in [1.165, 1.54) is 36.9 Å². The number of unbranched alkanes of at least 4 members (excludes halogenated alkanes) is 2. The lowest BCUT2D eigenvalue weighted by Crippen LogP contribution is -2.59. The van der Waals surface area contributed by atoms with Crippen molar-refractivity contribution in [3.05, 3.63) is 237 Å². The largest absolute Gasteiger partial charge is 0.497 e. The highest BCUT2D eigenvalue weighted by molar-refractivity contribution is 7.99. The van der Waals surface area contributed by atoms with Gasteiger partial charge in [-0.2, -0.15) is 62.8 Å². The van der Waals surface area contributed by atoms with E-state index in [0.29, 0.717) is 96.8 Å². The van der Waals surface area contributed by atoms with Crippen LogP contribution in [-0.2, 0) is 29.1 Å². The highest BCUT2D eigenvalue weighted by Crippen LogP contribution is 2.43. The molecule has 2 N–H and O–H groups in total. The van der Waals surface area contributed by atoms with Crippen molar-refractivity contribution in [1.29, 1.82) is 10.5 Å². The maximum absolute atomic E-state index is 13.9. The summed E-state index contributed by atoms with van der Waals surface area (Å²) in [5.74, 6) is -0.901. The molecule has 2 amide bonds. The van der Waals surface area contributed by atoms with Crippen LogP contribution in [0.5, 0.6) is 11.5 Å². The van der Waals surface area contributed by atoms with E-state index >= 15 is 0 Å². The molecule has 32 heteroatoms. The van der Waals surface area contributed by atoms with Crippen molar-refractivity contribution in [1.82, 2.24) is 28.4 Å². The molecule has 6 aromatic carbocycles. The maximum atomic E-state index is 13.9. The minimum Gasteiger partial charge on any atom is -0.497 e. The molecular weight excluding hydrogens is 1490 g/mol. The fourth-order valence-corrected chi connectivity index (χ4v) is 15.9. The highest BCUT2D eigenvalue weighted by Gasteiger charge is 2.68. The van der Waals surface area contributed by atoms with Gasteiger partial charge < -0.3 is 27.9 Å². The average Bonchev–Trinajstić information content (AvgIpc) is 1.52. The van der Waals surface area contributed by atoms with Gasteiger partial charge in [0.05, 0.1) is 58.6 Å². The number of halogens is 10. The number of fused-ring (bicyclic) bond motifs is 3. The van der Waals surface area contributed by atoms with Gasteiger partial charge in [-0.3, -0.25) is 14.3 Å². The molecule has 0 saturated heterocycles. The van der Waals surface area contributed by atoms with Gasteiger partial charge in [0, 0.05) is 58.4 Å². The van der Waals surface area contributed by atoms with E-state index in [0.717, 1.165) is 26.6 Å². The second kappa shape index (κ2) is 32.3. The van der Waals surface area contributed by atoms with E-state index in [1.54, 1.807) is 47.2 Å². The molecule has 10 aromatic rings. The van der Waals surface area contributed by atoms with Crippen molar-refractivity contribution in [3.63, 3.8) is 0 Å². The van der Waals surface area contributed by atoms with Crippen LogP contribution in [0.25, 0.3) is 53.5 Å². The Hall–Kier alpha value is -10.8. The Balaban J connectivity index is 1.16. The summed E-state index contributed by atoms with van der Waals surface area (Å²) in [7, 11) is -3.42. The smallest absolute Gasteiger partial charge is 0.471 e. The molecule has 16 nitrogen and oxygen atoms in total. The van der Waals surface area contributed by atoms with Gasteiger partial charge in [0.15, 0.2) is 0 Å². The molecule has 0 atom stereocenters. The number of thiazole rings is 2. The number of carbonyl (C=O) groups excluding carboxylic acids is 2. The number of carbonyl (C=O) groups is 2. The number of nitriles is 2. The van der Waals surface area contributed by atoms with Gasteiger partial charge in [-0.1, -0.05) is 155 Å². The molecular formula is C76H60B2F10N8O8S4. The summed E-state index contributed by atoms with van der Waals surface area (Å²) in [6, 6.07) is 54.8. The van der Waals surface area contributed by atoms with Gasteiger partial charge >= 0.3 is 46.6 Å². The Bertz CT molecular complexity index is 5520. The second-order valence-corrected chi connectivity index (χ2v) is 29.4. The normalized spacial score (nSPS) is 15.1. The number of ether oxygens (including phenoxy) is 4. The lowest BCUT2D eigenvalue weighted by atomic mass is 9.50. The number of rotatable bonds is 26. The third kappa shape index (κ3) is 16.1. The van der Waals surface area contributed by atoms with Gasteiger partial charge in [0.2, 0.25) is 11.8 Å². The van der Waals surface area contributed by atoms with Gasteiger partial charge in [0.1, 0.15) is 56.3 Å². The van der Waals surface area contributed by atoms with Crippen LogP contribution in [0.2, 0.25) is 0 Å². The summed E-state index contributed by atoms with van der Waals surface area (Å²) in [6.07, 6.45) is -2.44. The monoisotopic (exact) mass is 1550 g/mol. The van der Waals surface area contributed by atoms with E-state index in [-0.39, 0.29) is 69.3 Å². The molecule has 2 aliphatic rings. The first kappa shape index (κ1) is 76.8. The van der Waals surface area contributed by atoms with Gasteiger partial charge in [-0.15, -0.1) is 22.7 Å². The molecule has 108 heavy (non-hydrogen) atoms. The molecule has 4 heterocycles. The molecule has 0 spiro atoms. The number of amides is 2. The second-order valence-electron chi connectivity index (χ2n) is 24.6. The fourth-order valence-electron chi connectivity index (χ4n) is 12.7. The molecule has 0 unspecified atom stereocenters. The number of sulfonamides is 1. The number of nitrogens with zero attached hydrogens (tertiary/aromatic N) is 6.